The molecule has 1 fully saturated rings. The first-order valence-electron chi connectivity index (χ1n) is 7.18. The number of aromatic nitrogens is 2. The summed E-state index contributed by atoms with van der Waals surface area (Å²) in [5.74, 6) is -1.17. The third-order valence-electron chi connectivity index (χ3n) is 3.74. The lowest BCUT2D eigenvalue weighted by Gasteiger charge is -2.19. The third-order valence-corrected chi connectivity index (χ3v) is 3.74. The fraction of sp³-hybridized carbons (Fsp3) is 0.615. The fourth-order valence-corrected chi connectivity index (χ4v) is 2.53. The number of aliphatic hydroxyl groups is 3. The van der Waals surface area contributed by atoms with Crippen molar-refractivity contribution in [2.24, 2.45) is 5.73 Å². The van der Waals surface area contributed by atoms with Gasteiger partial charge in [-0.2, -0.15) is 0 Å². The minimum Gasteiger partial charge on any atom is -0.481 e. The Morgan fingerprint density at radius 3 is 2.54 bits per heavy atom. The first kappa shape index (κ1) is 18.3. The molecule has 0 bridgehead atoms. The van der Waals surface area contributed by atoms with Gasteiger partial charge in [-0.05, 0) is 0 Å². The molecule has 1 aliphatic rings. The molecule has 24 heavy (non-hydrogen) atoms. The Hall–Kier alpha value is -2.05. The van der Waals surface area contributed by atoms with Crippen molar-refractivity contribution in [1.82, 2.24) is 9.13 Å². The summed E-state index contributed by atoms with van der Waals surface area (Å²) < 4.78 is 6.85. The molecule has 11 heteroatoms. The standard InChI is InChI=1S/C13H19N3O8/c14-6(3-9(19)20)4-16-8(18)1-2-15(13(16)23)12-11(22)10(21)7(5-17)24-12/h1-2,6-7,10-12,17,21-22H,3-5,14H2,(H,19,20)/t6?,7-,10-,11-,12-/m1/s1. The van der Waals surface area contributed by atoms with E-state index >= 15 is 0 Å². The lowest BCUT2D eigenvalue weighted by molar-refractivity contribution is -0.137. The van der Waals surface area contributed by atoms with Crippen LogP contribution in [0.1, 0.15) is 12.6 Å². The van der Waals surface area contributed by atoms with Crippen LogP contribution in [-0.4, -0.2) is 66.5 Å². The van der Waals surface area contributed by atoms with Crippen molar-refractivity contribution >= 4 is 5.97 Å². The number of carboxylic acids is 1. The van der Waals surface area contributed by atoms with Crippen LogP contribution in [0.5, 0.6) is 0 Å². The highest BCUT2D eigenvalue weighted by atomic mass is 16.6. The molecule has 5 atom stereocenters. The van der Waals surface area contributed by atoms with Crippen LogP contribution in [0.3, 0.4) is 0 Å². The van der Waals surface area contributed by atoms with Crippen LogP contribution in [0.4, 0.5) is 0 Å². The van der Waals surface area contributed by atoms with Gasteiger partial charge in [0.15, 0.2) is 6.23 Å². The zero-order valence-corrected chi connectivity index (χ0v) is 12.6. The molecule has 134 valence electrons. The molecule has 2 rings (SSSR count). The van der Waals surface area contributed by atoms with E-state index in [-0.39, 0.29) is 6.54 Å². The SMILES string of the molecule is NC(CC(=O)O)Cn1c(=O)ccn([C@@H]2O[C@H](CO)[C@@H](O)[C@H]2O)c1=O. The maximum atomic E-state index is 12.4. The van der Waals surface area contributed by atoms with Crippen LogP contribution in [0, 0.1) is 0 Å². The molecule has 6 N–H and O–H groups in total. The molecule has 0 aromatic carbocycles. The number of hydrogen-bond acceptors (Lipinski definition) is 8. The normalized spacial score (nSPS) is 28.0. The number of rotatable bonds is 6. The molecule has 1 aliphatic heterocycles. The lowest BCUT2D eigenvalue weighted by atomic mass is 10.1. The number of carboxylic acid groups (broad SMARTS) is 1. The van der Waals surface area contributed by atoms with Crippen LogP contribution >= 0.6 is 0 Å². The van der Waals surface area contributed by atoms with E-state index in [1.54, 1.807) is 0 Å². The van der Waals surface area contributed by atoms with Crippen molar-refractivity contribution in [2.75, 3.05) is 6.61 Å². The summed E-state index contributed by atoms with van der Waals surface area (Å²) >= 11 is 0. The number of carbonyl (C=O) groups is 1. The number of aliphatic hydroxyl groups excluding tert-OH is 3. The van der Waals surface area contributed by atoms with Gasteiger partial charge in [0.05, 0.1) is 13.0 Å². The molecule has 1 aromatic heterocycles. The topological polar surface area (TPSA) is 177 Å². The van der Waals surface area contributed by atoms with E-state index in [1.165, 1.54) is 0 Å². The lowest BCUT2D eigenvalue weighted by Crippen LogP contribution is -2.46. The largest absolute Gasteiger partial charge is 0.481 e. The van der Waals surface area contributed by atoms with Gasteiger partial charge in [0.1, 0.15) is 18.3 Å². The Labute approximate surface area is 135 Å². The van der Waals surface area contributed by atoms with Gasteiger partial charge in [0.2, 0.25) is 0 Å². The molecule has 1 saturated heterocycles. The maximum Gasteiger partial charge on any atom is 0.333 e. The van der Waals surface area contributed by atoms with Crippen molar-refractivity contribution in [3.8, 4) is 0 Å². The van der Waals surface area contributed by atoms with Gasteiger partial charge in [-0.15, -0.1) is 0 Å². The minimum absolute atomic E-state index is 0.334. The van der Waals surface area contributed by atoms with E-state index in [2.05, 4.69) is 0 Å². The van der Waals surface area contributed by atoms with Crippen molar-refractivity contribution in [3.63, 3.8) is 0 Å². The van der Waals surface area contributed by atoms with Gasteiger partial charge in [-0.1, -0.05) is 0 Å². The van der Waals surface area contributed by atoms with Crippen LogP contribution < -0.4 is 17.0 Å². The van der Waals surface area contributed by atoms with Crippen molar-refractivity contribution in [1.29, 1.82) is 0 Å². The van der Waals surface area contributed by atoms with Gasteiger partial charge in [-0.3, -0.25) is 18.7 Å². The summed E-state index contributed by atoms with van der Waals surface area (Å²) in [6, 6.07) is 0.0674. The predicted molar refractivity (Wildman–Crippen MR) is 78.2 cm³/mol. The van der Waals surface area contributed by atoms with Crippen molar-refractivity contribution < 1.29 is 30.0 Å². The first-order chi connectivity index (χ1) is 11.3. The van der Waals surface area contributed by atoms with Gasteiger partial charge in [0.25, 0.3) is 5.56 Å². The van der Waals surface area contributed by atoms with E-state index in [4.69, 9.17) is 20.7 Å². The minimum atomic E-state index is -1.49. The quantitative estimate of drug-likeness (QED) is 0.349. The Kier molecular flexibility index (Phi) is 5.51. The van der Waals surface area contributed by atoms with Gasteiger partial charge < -0.3 is 30.9 Å². The summed E-state index contributed by atoms with van der Waals surface area (Å²) in [5.41, 5.74) is 4.03. The summed E-state index contributed by atoms with van der Waals surface area (Å²) in [6.07, 6.45) is -4.61. The fourth-order valence-electron chi connectivity index (χ4n) is 2.53. The van der Waals surface area contributed by atoms with Crippen LogP contribution in [0.15, 0.2) is 21.9 Å². The number of hydrogen-bond donors (Lipinski definition) is 5. The molecule has 0 radical (unpaired) electrons. The van der Waals surface area contributed by atoms with E-state index in [0.29, 0.717) is 0 Å². The Morgan fingerprint density at radius 2 is 2.00 bits per heavy atom. The number of ether oxygens (including phenoxy) is 1. The summed E-state index contributed by atoms with van der Waals surface area (Å²) in [7, 11) is 0. The molecule has 0 amide bonds. The van der Waals surface area contributed by atoms with Gasteiger partial charge >= 0.3 is 11.7 Å². The number of nitrogens with two attached hydrogens (primary N) is 1. The average Bonchev–Trinajstić information content (AvgIpc) is 2.79. The Bertz CT molecular complexity index is 714. The van der Waals surface area contributed by atoms with E-state index < -0.39 is 60.8 Å². The molecule has 2 heterocycles. The second-order valence-corrected chi connectivity index (χ2v) is 5.54. The second kappa shape index (κ2) is 7.23. The Morgan fingerprint density at radius 1 is 1.33 bits per heavy atom. The highest BCUT2D eigenvalue weighted by Gasteiger charge is 2.43. The zero-order valence-electron chi connectivity index (χ0n) is 12.6. The van der Waals surface area contributed by atoms with E-state index in [1.807, 2.05) is 0 Å². The number of aliphatic carboxylic acids is 1. The smallest absolute Gasteiger partial charge is 0.333 e. The summed E-state index contributed by atoms with van der Waals surface area (Å²) in [5, 5.41) is 37.5. The summed E-state index contributed by atoms with van der Waals surface area (Å²) in [4.78, 5) is 34.9. The first-order valence-corrected chi connectivity index (χ1v) is 7.18. The van der Waals surface area contributed by atoms with Crippen molar-refractivity contribution in [3.05, 3.63) is 33.1 Å². The summed E-state index contributed by atoms with van der Waals surface area (Å²) in [6.45, 7) is -0.897. The maximum absolute atomic E-state index is 12.4. The molecule has 11 nitrogen and oxygen atoms in total. The highest BCUT2D eigenvalue weighted by molar-refractivity contribution is 5.67. The van der Waals surface area contributed by atoms with Gasteiger partial charge in [0, 0.05) is 24.8 Å². The van der Waals surface area contributed by atoms with Crippen LogP contribution in [0.2, 0.25) is 0 Å². The molecule has 1 unspecified atom stereocenters. The van der Waals surface area contributed by atoms with Crippen LogP contribution in [-0.2, 0) is 16.1 Å². The van der Waals surface area contributed by atoms with Gasteiger partial charge in [-0.25, -0.2) is 4.79 Å². The van der Waals surface area contributed by atoms with E-state index in [0.717, 1.165) is 21.4 Å². The molecule has 0 saturated carbocycles. The number of nitrogens with zero attached hydrogens (tertiary/aromatic N) is 2. The monoisotopic (exact) mass is 345 g/mol. The third kappa shape index (κ3) is 3.55. The predicted octanol–water partition coefficient (Wildman–Crippen LogP) is -3.58. The molecular weight excluding hydrogens is 326 g/mol. The van der Waals surface area contributed by atoms with E-state index in [9.17, 15) is 24.6 Å². The van der Waals surface area contributed by atoms with Crippen molar-refractivity contribution in [2.45, 2.75) is 43.5 Å². The molecule has 0 aliphatic carbocycles. The average molecular weight is 345 g/mol. The van der Waals surface area contributed by atoms with Crippen LogP contribution in [0.25, 0.3) is 0 Å². The molecular formula is C13H19N3O8. The molecule has 1 aromatic rings. The highest BCUT2D eigenvalue weighted by Crippen LogP contribution is 2.27. The Balaban J connectivity index is 2.34. The molecule has 0 spiro atoms. The second-order valence-electron chi connectivity index (χ2n) is 5.54. The zero-order chi connectivity index (χ0) is 18.0.